The topological polar surface area (TPSA) is 71.1 Å². The monoisotopic (exact) mass is 325 g/mol. The van der Waals surface area contributed by atoms with Gasteiger partial charge in [-0.15, -0.1) is 11.3 Å². The summed E-state index contributed by atoms with van der Waals surface area (Å²) in [6, 6.07) is 5.33. The van der Waals surface area contributed by atoms with E-state index in [-0.39, 0.29) is 0 Å². The fourth-order valence-corrected chi connectivity index (χ4v) is 4.06. The lowest BCUT2D eigenvalue weighted by Gasteiger charge is -2.12. The van der Waals surface area contributed by atoms with Gasteiger partial charge < -0.3 is 5.32 Å². The maximum absolute atomic E-state index is 12.4. The normalized spacial score (nSPS) is 11.5. The fraction of sp³-hybridized carbons (Fsp3) is 0.357. The number of sulfonamides is 1. The van der Waals surface area contributed by atoms with Crippen LogP contribution in [0.15, 0.2) is 34.7 Å². The summed E-state index contributed by atoms with van der Waals surface area (Å²) in [5.41, 5.74) is 1.76. The first-order valence-corrected chi connectivity index (χ1v) is 9.12. The summed E-state index contributed by atoms with van der Waals surface area (Å²) in [5.74, 6) is 0. The standard InChI is InChI=1S/C14H19N3O2S2/c1-3-7-15-10-12-5-4-6-13(11(12)2)21(18,19)17-14-16-8-9-20-14/h4-6,8-9,15H,3,7,10H2,1-2H3,(H,16,17). The highest BCUT2D eigenvalue weighted by atomic mass is 32.2. The molecule has 1 heterocycles. The summed E-state index contributed by atoms with van der Waals surface area (Å²) in [6.07, 6.45) is 2.61. The van der Waals surface area contributed by atoms with Gasteiger partial charge in [0.05, 0.1) is 4.90 Å². The van der Waals surface area contributed by atoms with E-state index in [1.165, 1.54) is 11.3 Å². The first-order valence-electron chi connectivity index (χ1n) is 6.76. The minimum absolute atomic E-state index is 0.300. The van der Waals surface area contributed by atoms with Crippen LogP contribution < -0.4 is 10.0 Å². The second-order valence-electron chi connectivity index (χ2n) is 4.66. The molecule has 7 heteroatoms. The molecular weight excluding hydrogens is 306 g/mol. The van der Waals surface area contributed by atoms with Crippen LogP contribution in [0.5, 0.6) is 0 Å². The summed E-state index contributed by atoms with van der Waals surface area (Å²) in [5, 5.41) is 5.40. The third-order valence-corrected chi connectivity index (χ3v) is 5.38. The molecule has 0 aliphatic heterocycles. The lowest BCUT2D eigenvalue weighted by molar-refractivity contribution is 0.600. The van der Waals surface area contributed by atoms with Crippen LogP contribution in [-0.4, -0.2) is 19.9 Å². The average molecular weight is 325 g/mol. The summed E-state index contributed by atoms with van der Waals surface area (Å²) in [7, 11) is -3.60. The highest BCUT2D eigenvalue weighted by molar-refractivity contribution is 7.93. The van der Waals surface area contributed by atoms with Gasteiger partial charge in [-0.05, 0) is 37.1 Å². The molecule has 0 amide bonds. The first kappa shape index (κ1) is 15.9. The molecule has 0 saturated carbocycles. The maximum Gasteiger partial charge on any atom is 0.263 e. The van der Waals surface area contributed by atoms with Crippen molar-refractivity contribution in [2.75, 3.05) is 11.3 Å². The predicted octanol–water partition coefficient (Wildman–Crippen LogP) is 2.75. The number of hydrogen-bond donors (Lipinski definition) is 2. The Morgan fingerprint density at radius 3 is 2.81 bits per heavy atom. The zero-order chi connectivity index (χ0) is 15.3. The van der Waals surface area contributed by atoms with Crippen molar-refractivity contribution in [1.29, 1.82) is 0 Å². The quantitative estimate of drug-likeness (QED) is 0.768. The third-order valence-electron chi connectivity index (χ3n) is 3.08. The molecular formula is C14H19N3O2S2. The van der Waals surface area contributed by atoms with Gasteiger partial charge in [-0.25, -0.2) is 13.4 Å². The lowest BCUT2D eigenvalue weighted by atomic mass is 10.1. The van der Waals surface area contributed by atoms with Crippen molar-refractivity contribution in [3.63, 3.8) is 0 Å². The van der Waals surface area contributed by atoms with E-state index in [9.17, 15) is 8.42 Å². The van der Waals surface area contributed by atoms with Gasteiger partial charge >= 0.3 is 0 Å². The molecule has 114 valence electrons. The van der Waals surface area contributed by atoms with Crippen molar-refractivity contribution in [2.24, 2.45) is 0 Å². The van der Waals surface area contributed by atoms with Crippen LogP contribution in [0, 0.1) is 6.92 Å². The Labute approximate surface area is 129 Å². The Balaban J connectivity index is 2.24. The van der Waals surface area contributed by atoms with Crippen LogP contribution >= 0.6 is 11.3 Å². The number of hydrogen-bond acceptors (Lipinski definition) is 5. The van der Waals surface area contributed by atoms with Gasteiger partial charge in [0, 0.05) is 18.1 Å². The lowest BCUT2D eigenvalue weighted by Crippen LogP contribution is -2.18. The SMILES string of the molecule is CCCNCc1cccc(S(=O)(=O)Nc2nccs2)c1C. The molecule has 0 unspecified atom stereocenters. The number of thiazole rings is 1. The molecule has 0 bridgehead atoms. The molecule has 1 aromatic carbocycles. The molecule has 2 rings (SSSR count). The fourth-order valence-electron chi connectivity index (χ4n) is 1.99. The molecule has 0 aliphatic rings. The first-order chi connectivity index (χ1) is 10.0. The number of aromatic nitrogens is 1. The van der Waals surface area contributed by atoms with Gasteiger partial charge in [0.2, 0.25) is 0 Å². The molecule has 21 heavy (non-hydrogen) atoms. The molecule has 2 N–H and O–H groups in total. The molecule has 0 aliphatic carbocycles. The van der Waals surface area contributed by atoms with Crippen molar-refractivity contribution < 1.29 is 8.42 Å². The molecule has 1 aromatic heterocycles. The van der Waals surface area contributed by atoms with Crippen LogP contribution in [0.1, 0.15) is 24.5 Å². The third kappa shape index (κ3) is 4.03. The number of rotatable bonds is 7. The largest absolute Gasteiger partial charge is 0.313 e. The molecule has 0 radical (unpaired) electrons. The van der Waals surface area contributed by atoms with Crippen molar-refractivity contribution >= 4 is 26.5 Å². The molecule has 5 nitrogen and oxygen atoms in total. The zero-order valence-corrected chi connectivity index (χ0v) is 13.7. The van der Waals surface area contributed by atoms with Crippen LogP contribution in [0.3, 0.4) is 0 Å². The van der Waals surface area contributed by atoms with Gasteiger partial charge in [-0.3, -0.25) is 4.72 Å². The van der Waals surface area contributed by atoms with E-state index in [0.29, 0.717) is 16.6 Å². The summed E-state index contributed by atoms with van der Waals surface area (Å²) >= 11 is 1.26. The molecule has 0 atom stereocenters. The van der Waals surface area contributed by atoms with E-state index in [2.05, 4.69) is 21.9 Å². The Hall–Kier alpha value is -1.44. The Morgan fingerprint density at radius 1 is 1.33 bits per heavy atom. The van der Waals surface area contributed by atoms with Crippen LogP contribution in [0.25, 0.3) is 0 Å². The van der Waals surface area contributed by atoms with Gasteiger partial charge in [0.25, 0.3) is 10.0 Å². The second-order valence-corrected chi connectivity index (χ2v) is 7.21. The van der Waals surface area contributed by atoms with Gasteiger partial charge in [-0.1, -0.05) is 19.1 Å². The van der Waals surface area contributed by atoms with Crippen molar-refractivity contribution in [1.82, 2.24) is 10.3 Å². The van der Waals surface area contributed by atoms with E-state index >= 15 is 0 Å². The predicted molar refractivity (Wildman–Crippen MR) is 86.1 cm³/mol. The van der Waals surface area contributed by atoms with Gasteiger partial charge in [0.15, 0.2) is 5.13 Å². The van der Waals surface area contributed by atoms with Crippen LogP contribution in [0.4, 0.5) is 5.13 Å². The van der Waals surface area contributed by atoms with E-state index in [0.717, 1.165) is 24.1 Å². The zero-order valence-electron chi connectivity index (χ0n) is 12.1. The summed E-state index contributed by atoms with van der Waals surface area (Å²) in [4.78, 5) is 4.26. The average Bonchev–Trinajstić information content (AvgIpc) is 2.93. The van der Waals surface area contributed by atoms with E-state index in [4.69, 9.17) is 0 Å². The van der Waals surface area contributed by atoms with E-state index in [1.54, 1.807) is 23.7 Å². The maximum atomic E-state index is 12.4. The Morgan fingerprint density at radius 2 is 2.14 bits per heavy atom. The highest BCUT2D eigenvalue weighted by Crippen LogP contribution is 2.22. The Bertz CT molecular complexity index is 682. The van der Waals surface area contributed by atoms with Crippen LogP contribution in [-0.2, 0) is 16.6 Å². The Kier molecular flexibility index (Phi) is 5.33. The van der Waals surface area contributed by atoms with Crippen molar-refractivity contribution in [3.8, 4) is 0 Å². The highest BCUT2D eigenvalue weighted by Gasteiger charge is 2.19. The number of benzene rings is 1. The molecule has 0 saturated heterocycles. The molecule has 0 spiro atoms. The molecule has 2 aromatic rings. The van der Waals surface area contributed by atoms with Gasteiger partial charge in [-0.2, -0.15) is 0 Å². The number of anilines is 1. The van der Waals surface area contributed by atoms with Crippen LogP contribution in [0.2, 0.25) is 0 Å². The summed E-state index contributed by atoms with van der Waals surface area (Å²) in [6.45, 7) is 5.51. The van der Waals surface area contributed by atoms with E-state index < -0.39 is 10.0 Å². The molecule has 0 fully saturated rings. The number of nitrogens with zero attached hydrogens (tertiary/aromatic N) is 1. The number of nitrogens with one attached hydrogen (secondary N) is 2. The minimum Gasteiger partial charge on any atom is -0.313 e. The summed E-state index contributed by atoms with van der Waals surface area (Å²) < 4.78 is 27.4. The van der Waals surface area contributed by atoms with E-state index in [1.807, 2.05) is 13.0 Å². The van der Waals surface area contributed by atoms with Gasteiger partial charge in [0.1, 0.15) is 0 Å². The second kappa shape index (κ2) is 7.02. The minimum atomic E-state index is -3.60. The van der Waals surface area contributed by atoms with Crippen molar-refractivity contribution in [3.05, 3.63) is 40.9 Å². The van der Waals surface area contributed by atoms with Crippen molar-refractivity contribution in [2.45, 2.75) is 31.7 Å². The smallest absolute Gasteiger partial charge is 0.263 e.